The maximum absolute atomic E-state index is 13.2. The zero-order valence-corrected chi connectivity index (χ0v) is 17.0. The van der Waals surface area contributed by atoms with Crippen LogP contribution in [0.25, 0.3) is 0 Å². The number of nitrogens with one attached hydrogen (secondary N) is 1. The van der Waals surface area contributed by atoms with E-state index in [0.29, 0.717) is 5.69 Å². The van der Waals surface area contributed by atoms with E-state index >= 15 is 0 Å². The normalized spacial score (nSPS) is 11.8. The fraction of sp³-hybridized carbons (Fsp3) is 0.150. The molecule has 2 aromatic rings. The molecule has 0 radical (unpaired) electrons. The lowest BCUT2D eigenvalue weighted by Crippen LogP contribution is -2.42. The van der Waals surface area contributed by atoms with Crippen LogP contribution >= 0.6 is 0 Å². The van der Waals surface area contributed by atoms with Crippen LogP contribution in [-0.4, -0.2) is 39.0 Å². The second-order valence-electron chi connectivity index (χ2n) is 6.09. The molecule has 2 aromatic carbocycles. The number of hydrogen-bond donors (Lipinski definition) is 2. The van der Waals surface area contributed by atoms with Gasteiger partial charge in [-0.3, -0.25) is 14.4 Å². The molecule has 3 N–H and O–H groups in total. The first-order valence-electron chi connectivity index (χ1n) is 8.77. The summed E-state index contributed by atoms with van der Waals surface area (Å²) in [6.07, 6.45) is 0.133. The minimum atomic E-state index is -4.02. The highest BCUT2D eigenvalue weighted by molar-refractivity contribution is 7.92. The lowest BCUT2D eigenvalue weighted by molar-refractivity contribution is -0.127. The Balaban J connectivity index is 2.30. The number of benzene rings is 2. The first-order chi connectivity index (χ1) is 14.2. The third kappa shape index (κ3) is 5.45. The molecule has 10 heteroatoms. The van der Waals surface area contributed by atoms with Crippen LogP contribution < -0.4 is 15.4 Å². The number of carbonyl (C=O) groups excluding carboxylic acids is 3. The van der Waals surface area contributed by atoms with Gasteiger partial charge in [0.2, 0.25) is 0 Å². The molecule has 0 spiro atoms. The highest BCUT2D eigenvalue weighted by Crippen LogP contribution is 2.24. The first kappa shape index (κ1) is 22.6. The molecule has 0 bridgehead atoms. The zero-order valence-electron chi connectivity index (χ0n) is 16.1. The number of anilines is 1. The number of nitrogens with two attached hydrogens (primary N) is 1. The molecular formula is C20H21N3O6S. The topological polar surface area (TPSA) is 136 Å². The summed E-state index contributed by atoms with van der Waals surface area (Å²) in [4.78, 5) is 34.6. The minimum absolute atomic E-state index is 0.0192. The van der Waals surface area contributed by atoms with Crippen molar-refractivity contribution in [3.63, 3.8) is 0 Å². The number of rotatable bonds is 8. The minimum Gasteiger partial charge on any atom is -0.449 e. The average molecular weight is 431 g/mol. The van der Waals surface area contributed by atoms with Gasteiger partial charge in [0.25, 0.3) is 15.9 Å². The summed E-state index contributed by atoms with van der Waals surface area (Å²) >= 11 is 0. The van der Waals surface area contributed by atoms with Crippen LogP contribution in [0.4, 0.5) is 10.5 Å². The number of esters is 1. The number of primary amides is 1. The Morgan fingerprint density at radius 1 is 1.17 bits per heavy atom. The van der Waals surface area contributed by atoms with Gasteiger partial charge in [0, 0.05) is 0 Å². The number of amides is 3. The van der Waals surface area contributed by atoms with E-state index in [4.69, 9.17) is 10.5 Å². The van der Waals surface area contributed by atoms with Crippen LogP contribution in [0.5, 0.6) is 0 Å². The molecule has 0 saturated carbocycles. The van der Waals surface area contributed by atoms with Gasteiger partial charge >= 0.3 is 12.0 Å². The molecule has 2 rings (SSSR count). The maximum atomic E-state index is 13.2. The number of sulfonamides is 1. The number of carbonyl (C=O) groups is 3. The average Bonchev–Trinajstić information content (AvgIpc) is 2.72. The Bertz CT molecular complexity index is 1050. The number of hydrogen-bond acceptors (Lipinski definition) is 6. The summed E-state index contributed by atoms with van der Waals surface area (Å²) in [5.74, 6) is -1.84. The van der Waals surface area contributed by atoms with Crippen LogP contribution in [0.3, 0.4) is 0 Å². The predicted molar refractivity (Wildman–Crippen MR) is 110 cm³/mol. The van der Waals surface area contributed by atoms with Crippen molar-refractivity contribution in [1.29, 1.82) is 0 Å². The van der Waals surface area contributed by atoms with Crippen molar-refractivity contribution in [2.75, 3.05) is 10.8 Å². The van der Waals surface area contributed by atoms with Gasteiger partial charge in [0.1, 0.15) is 0 Å². The standard InChI is InChI=1S/C20H21N3O6S/c1-3-12-23(16-9-5-4-6-10-16)30(27,28)17-11-7-8-15(13-17)19(25)29-14(2)18(24)22-20(21)26/h3-11,13-14H,1,12H2,2H3,(H3,21,22,24,26)/t14-/m0/s1. The highest BCUT2D eigenvalue weighted by Gasteiger charge is 2.26. The van der Waals surface area contributed by atoms with Crippen molar-refractivity contribution >= 4 is 33.6 Å². The van der Waals surface area contributed by atoms with Crippen LogP contribution in [0.1, 0.15) is 17.3 Å². The number of urea groups is 1. The van der Waals surface area contributed by atoms with Gasteiger partial charge in [-0.15, -0.1) is 6.58 Å². The largest absolute Gasteiger partial charge is 0.449 e. The Hall–Kier alpha value is -3.66. The highest BCUT2D eigenvalue weighted by atomic mass is 32.2. The van der Waals surface area contributed by atoms with E-state index in [2.05, 4.69) is 6.58 Å². The molecule has 0 aliphatic rings. The molecule has 0 aromatic heterocycles. The molecule has 158 valence electrons. The van der Waals surface area contributed by atoms with Gasteiger partial charge in [-0.05, 0) is 37.3 Å². The Labute approximate surface area is 174 Å². The molecule has 9 nitrogen and oxygen atoms in total. The molecule has 0 saturated heterocycles. The Morgan fingerprint density at radius 2 is 1.83 bits per heavy atom. The van der Waals surface area contributed by atoms with E-state index in [1.807, 2.05) is 0 Å². The summed E-state index contributed by atoms with van der Waals surface area (Å²) in [7, 11) is -4.02. The van der Waals surface area contributed by atoms with Gasteiger partial charge < -0.3 is 10.5 Å². The van der Waals surface area contributed by atoms with Crippen molar-refractivity contribution in [3.8, 4) is 0 Å². The number of para-hydroxylation sites is 1. The quantitative estimate of drug-likeness (QED) is 0.483. The fourth-order valence-electron chi connectivity index (χ4n) is 2.47. The third-order valence-electron chi connectivity index (χ3n) is 3.90. The molecule has 0 aliphatic carbocycles. The summed E-state index contributed by atoms with van der Waals surface area (Å²) in [6.45, 7) is 4.86. The van der Waals surface area contributed by atoms with Gasteiger partial charge in [0.05, 0.1) is 22.7 Å². The summed E-state index contributed by atoms with van der Waals surface area (Å²) in [6, 6.07) is 12.6. The monoisotopic (exact) mass is 431 g/mol. The van der Waals surface area contributed by atoms with Crippen molar-refractivity contribution in [2.45, 2.75) is 17.9 Å². The molecule has 30 heavy (non-hydrogen) atoms. The number of imide groups is 1. The van der Waals surface area contributed by atoms with E-state index in [0.717, 1.165) is 10.4 Å². The van der Waals surface area contributed by atoms with Gasteiger partial charge in [-0.1, -0.05) is 30.3 Å². The van der Waals surface area contributed by atoms with Crippen molar-refractivity contribution in [1.82, 2.24) is 5.32 Å². The molecule has 0 aliphatic heterocycles. The first-order valence-corrected chi connectivity index (χ1v) is 10.2. The van der Waals surface area contributed by atoms with Crippen molar-refractivity contribution in [3.05, 3.63) is 72.8 Å². The third-order valence-corrected chi connectivity index (χ3v) is 5.69. The zero-order chi connectivity index (χ0) is 22.3. The lowest BCUT2D eigenvalue weighted by Gasteiger charge is -2.23. The van der Waals surface area contributed by atoms with Crippen LogP contribution in [0, 0.1) is 0 Å². The van der Waals surface area contributed by atoms with Crippen LogP contribution in [0.15, 0.2) is 72.1 Å². The van der Waals surface area contributed by atoms with Crippen LogP contribution in [-0.2, 0) is 19.6 Å². The summed E-state index contributed by atoms with van der Waals surface area (Å²) < 4.78 is 32.4. The summed E-state index contributed by atoms with van der Waals surface area (Å²) in [5, 5.41) is 1.79. The predicted octanol–water partition coefficient (Wildman–Crippen LogP) is 1.81. The smallest absolute Gasteiger partial charge is 0.338 e. The molecule has 0 fully saturated rings. The van der Waals surface area contributed by atoms with E-state index < -0.39 is 34.0 Å². The molecular weight excluding hydrogens is 410 g/mol. The maximum Gasteiger partial charge on any atom is 0.338 e. The van der Waals surface area contributed by atoms with Crippen LogP contribution in [0.2, 0.25) is 0 Å². The Kier molecular flexibility index (Phi) is 7.32. The van der Waals surface area contributed by atoms with Crippen molar-refractivity contribution in [2.24, 2.45) is 5.73 Å². The lowest BCUT2D eigenvalue weighted by atomic mass is 10.2. The van der Waals surface area contributed by atoms with E-state index in [-0.39, 0.29) is 17.0 Å². The SMILES string of the molecule is C=CCN(c1ccccc1)S(=O)(=O)c1cccc(C(=O)O[C@@H](C)C(=O)NC(N)=O)c1. The van der Waals surface area contributed by atoms with Gasteiger partial charge in [-0.2, -0.15) is 0 Å². The number of nitrogens with zero attached hydrogens (tertiary/aromatic N) is 1. The second kappa shape index (κ2) is 9.70. The molecule has 1 atom stereocenters. The van der Waals surface area contributed by atoms with E-state index in [1.165, 1.54) is 31.2 Å². The fourth-order valence-corrected chi connectivity index (χ4v) is 3.95. The number of ether oxygens (including phenoxy) is 1. The molecule has 0 heterocycles. The summed E-state index contributed by atoms with van der Waals surface area (Å²) in [5.41, 5.74) is 5.20. The molecule has 3 amide bonds. The van der Waals surface area contributed by atoms with E-state index in [9.17, 15) is 22.8 Å². The van der Waals surface area contributed by atoms with Gasteiger partial charge in [0.15, 0.2) is 6.10 Å². The van der Waals surface area contributed by atoms with Crippen molar-refractivity contribution < 1.29 is 27.5 Å². The van der Waals surface area contributed by atoms with E-state index in [1.54, 1.807) is 35.6 Å². The Morgan fingerprint density at radius 3 is 2.43 bits per heavy atom. The van der Waals surface area contributed by atoms with Gasteiger partial charge in [-0.25, -0.2) is 18.0 Å². The molecule has 0 unspecified atom stereocenters. The second-order valence-corrected chi connectivity index (χ2v) is 7.95.